The first-order valence-electron chi connectivity index (χ1n) is 12.0. The molecule has 2 aliphatic rings. The van der Waals surface area contributed by atoms with Crippen LogP contribution in [-0.2, 0) is 19.9 Å². The maximum atomic E-state index is 11.5. The first kappa shape index (κ1) is 26.5. The van der Waals surface area contributed by atoms with Crippen LogP contribution >= 0.6 is 0 Å². The van der Waals surface area contributed by atoms with E-state index >= 15 is 0 Å². The lowest BCUT2D eigenvalue weighted by Crippen LogP contribution is -2.61. The van der Waals surface area contributed by atoms with Gasteiger partial charge in [0.15, 0.2) is 12.4 Å². The van der Waals surface area contributed by atoms with Gasteiger partial charge in [-0.05, 0) is 43.0 Å². The van der Waals surface area contributed by atoms with Crippen molar-refractivity contribution in [2.75, 3.05) is 13.1 Å². The molecule has 0 amide bonds. The van der Waals surface area contributed by atoms with Gasteiger partial charge >= 0.3 is 5.97 Å². The molecule has 0 aliphatic carbocycles. The van der Waals surface area contributed by atoms with Gasteiger partial charge in [-0.25, -0.2) is 4.79 Å². The molecule has 0 unspecified atom stereocenters. The van der Waals surface area contributed by atoms with E-state index in [9.17, 15) is 35.4 Å². The number of carboxylic acids is 1. The lowest BCUT2D eigenvalue weighted by molar-refractivity contribution is -0.309. The number of hydrogen-bond donors (Lipinski definition) is 6. The molecule has 10 nitrogen and oxygen atoms in total. The summed E-state index contributed by atoms with van der Waals surface area (Å²) in [5.74, 6) is -1.44. The van der Waals surface area contributed by atoms with Crippen LogP contribution in [0.25, 0.3) is 0 Å². The van der Waals surface area contributed by atoms with Gasteiger partial charge in [-0.15, -0.1) is 0 Å². The van der Waals surface area contributed by atoms with Crippen molar-refractivity contribution < 1.29 is 44.9 Å². The number of likely N-dealkylation sites (tertiary alicyclic amines) is 1. The predicted molar refractivity (Wildman–Crippen MR) is 127 cm³/mol. The Balaban J connectivity index is 1.54. The molecule has 10 heteroatoms. The fourth-order valence-corrected chi connectivity index (χ4v) is 4.97. The smallest absolute Gasteiger partial charge is 0.335 e. The molecule has 2 aliphatic heterocycles. The number of phenolic OH excluding ortho intramolecular Hbond substituents is 1. The second kappa shape index (κ2) is 10.8. The summed E-state index contributed by atoms with van der Waals surface area (Å²) in [4.78, 5) is 13.6. The topological polar surface area (TPSA) is 160 Å². The van der Waals surface area contributed by atoms with Crippen LogP contribution in [0.15, 0.2) is 54.6 Å². The van der Waals surface area contributed by atoms with Gasteiger partial charge in [0.25, 0.3) is 0 Å². The lowest BCUT2D eigenvalue weighted by Gasteiger charge is -2.45. The molecule has 0 radical (unpaired) electrons. The molecule has 0 bridgehead atoms. The van der Waals surface area contributed by atoms with E-state index in [2.05, 4.69) is 4.90 Å². The number of aliphatic hydroxyl groups excluding tert-OH is 3. The van der Waals surface area contributed by atoms with E-state index in [0.717, 1.165) is 5.56 Å². The van der Waals surface area contributed by atoms with Crippen molar-refractivity contribution in [3.8, 4) is 5.75 Å². The van der Waals surface area contributed by atoms with Crippen molar-refractivity contribution in [2.45, 2.75) is 68.2 Å². The number of ether oxygens (including phenoxy) is 2. The van der Waals surface area contributed by atoms with Crippen LogP contribution in [0.1, 0.15) is 37.0 Å². The Morgan fingerprint density at radius 3 is 2.19 bits per heavy atom. The van der Waals surface area contributed by atoms with Gasteiger partial charge in [-0.2, -0.15) is 0 Å². The van der Waals surface area contributed by atoms with E-state index in [-0.39, 0.29) is 11.8 Å². The second-order valence-corrected chi connectivity index (χ2v) is 9.56. The summed E-state index contributed by atoms with van der Waals surface area (Å²) in [5, 5.41) is 61.0. The minimum Gasteiger partial charge on any atom is -0.508 e. The molecule has 2 saturated heterocycles. The van der Waals surface area contributed by atoms with Gasteiger partial charge in [0.05, 0.1) is 5.60 Å². The van der Waals surface area contributed by atoms with Gasteiger partial charge in [-0.1, -0.05) is 42.5 Å². The number of aliphatic hydroxyl groups is 4. The van der Waals surface area contributed by atoms with Gasteiger partial charge in [0.2, 0.25) is 0 Å². The highest BCUT2D eigenvalue weighted by molar-refractivity contribution is 5.73. The zero-order chi connectivity index (χ0) is 26.0. The molecule has 2 heterocycles. The summed E-state index contributed by atoms with van der Waals surface area (Å²) in [5.41, 5.74) is 0.534. The maximum Gasteiger partial charge on any atom is 0.335 e. The summed E-state index contributed by atoms with van der Waals surface area (Å²) in [7, 11) is 0. The van der Waals surface area contributed by atoms with Crippen LogP contribution < -0.4 is 0 Å². The van der Waals surface area contributed by atoms with Crippen molar-refractivity contribution in [3.05, 3.63) is 65.7 Å². The Kier molecular flexibility index (Phi) is 7.96. The Morgan fingerprint density at radius 2 is 1.61 bits per heavy atom. The molecule has 0 spiro atoms. The van der Waals surface area contributed by atoms with Crippen molar-refractivity contribution in [1.82, 2.24) is 4.90 Å². The highest BCUT2D eigenvalue weighted by atomic mass is 16.7. The number of benzene rings is 2. The first-order valence-corrected chi connectivity index (χ1v) is 12.0. The number of aromatic hydroxyl groups is 1. The highest BCUT2D eigenvalue weighted by Crippen LogP contribution is 2.37. The minimum absolute atomic E-state index is 0.0505. The summed E-state index contributed by atoms with van der Waals surface area (Å²) in [6, 6.07) is 15.4. The van der Waals surface area contributed by atoms with Crippen molar-refractivity contribution in [1.29, 1.82) is 0 Å². The van der Waals surface area contributed by atoms with Crippen LogP contribution in [0, 0.1) is 0 Å². The van der Waals surface area contributed by atoms with Gasteiger partial charge in [0.1, 0.15) is 30.2 Å². The molecule has 7 atom stereocenters. The predicted octanol–water partition coefficient (Wildman–Crippen LogP) is 0.714. The van der Waals surface area contributed by atoms with Crippen LogP contribution in [-0.4, -0.2) is 91.3 Å². The molecule has 196 valence electrons. The molecule has 2 aromatic carbocycles. The number of rotatable bonds is 7. The van der Waals surface area contributed by atoms with Crippen LogP contribution in [0.3, 0.4) is 0 Å². The van der Waals surface area contributed by atoms with Gasteiger partial charge in [0, 0.05) is 19.1 Å². The number of hydrogen-bond acceptors (Lipinski definition) is 9. The third kappa shape index (κ3) is 5.40. The average Bonchev–Trinajstić information content (AvgIpc) is 2.88. The normalized spacial score (nSPS) is 30.4. The summed E-state index contributed by atoms with van der Waals surface area (Å²) >= 11 is 0. The monoisotopic (exact) mass is 503 g/mol. The maximum absolute atomic E-state index is 11.5. The Hall–Kier alpha value is -2.57. The summed E-state index contributed by atoms with van der Waals surface area (Å²) in [6.07, 6.45) is -8.39. The van der Waals surface area contributed by atoms with E-state index < -0.39 is 48.4 Å². The van der Waals surface area contributed by atoms with Crippen molar-refractivity contribution in [3.63, 3.8) is 0 Å². The highest BCUT2D eigenvalue weighted by Gasteiger charge is 2.49. The third-order valence-electron chi connectivity index (χ3n) is 7.27. The molecule has 36 heavy (non-hydrogen) atoms. The number of carbonyl (C=O) groups is 1. The number of aliphatic carboxylic acids is 1. The van der Waals surface area contributed by atoms with E-state index in [1.54, 1.807) is 12.1 Å². The lowest BCUT2D eigenvalue weighted by atomic mass is 9.83. The van der Waals surface area contributed by atoms with Gasteiger partial charge < -0.3 is 40.1 Å². The molecular formula is C26H33NO9. The van der Waals surface area contributed by atoms with Crippen molar-refractivity contribution in [2.24, 2.45) is 0 Å². The Labute approximate surface area is 208 Å². The number of piperidine rings is 1. The second-order valence-electron chi connectivity index (χ2n) is 9.56. The number of nitrogens with zero attached hydrogens (tertiary/aromatic N) is 1. The largest absolute Gasteiger partial charge is 0.508 e. The molecule has 2 aromatic rings. The van der Waals surface area contributed by atoms with Crippen LogP contribution in [0.5, 0.6) is 5.75 Å². The quantitative estimate of drug-likeness (QED) is 0.318. The van der Waals surface area contributed by atoms with Crippen LogP contribution in [0.4, 0.5) is 0 Å². The Bertz CT molecular complexity index is 1010. The molecular weight excluding hydrogens is 470 g/mol. The van der Waals surface area contributed by atoms with E-state index in [1.165, 1.54) is 12.1 Å². The fourth-order valence-electron chi connectivity index (χ4n) is 4.97. The van der Waals surface area contributed by atoms with Crippen molar-refractivity contribution >= 4 is 5.97 Å². The van der Waals surface area contributed by atoms with E-state index in [0.29, 0.717) is 31.5 Å². The minimum atomic E-state index is -1.82. The fraction of sp³-hybridized carbons (Fsp3) is 0.500. The number of carboxylic acid groups (broad SMARTS) is 1. The van der Waals surface area contributed by atoms with Gasteiger partial charge in [-0.3, -0.25) is 4.90 Å². The summed E-state index contributed by atoms with van der Waals surface area (Å²) in [6.45, 7) is 2.98. The molecule has 4 rings (SSSR count). The van der Waals surface area contributed by atoms with E-state index in [1.807, 2.05) is 37.3 Å². The number of phenols is 1. The molecule has 2 fully saturated rings. The van der Waals surface area contributed by atoms with E-state index in [4.69, 9.17) is 9.47 Å². The standard InChI is InChI=1S/C26H33NO9/c1-15(27-13-11-26(34,12-14-27)17-5-3-2-4-6-17)22(16-7-9-18(28)10-8-16)35-25-21(31)19(29)20(30)23(36-25)24(32)33/h2-10,15,19-23,25,28-31,34H,11-14H2,1H3,(H,32,33)/t15-,19-,20-,21+,22+,23-,25+/m0/s1. The molecule has 6 N–H and O–H groups in total. The molecule has 0 aromatic heterocycles. The third-order valence-corrected chi connectivity index (χ3v) is 7.27. The zero-order valence-electron chi connectivity index (χ0n) is 19.9. The SMILES string of the molecule is C[C@@H]([C@@H](O[C@@H]1O[C@H](C(=O)O)[C@@H](O)[C@H](O)[C@H]1O)c1ccc(O)cc1)N1CCC(O)(c2ccccc2)CC1. The first-order chi connectivity index (χ1) is 17.1. The zero-order valence-corrected chi connectivity index (χ0v) is 19.9. The molecule has 0 saturated carbocycles. The average molecular weight is 504 g/mol. The Morgan fingerprint density at radius 1 is 1.00 bits per heavy atom. The summed E-state index contributed by atoms with van der Waals surface area (Å²) < 4.78 is 11.4. The van der Waals surface area contributed by atoms with Crippen LogP contribution in [0.2, 0.25) is 0 Å².